The van der Waals surface area contributed by atoms with Crippen LogP contribution in [-0.2, 0) is 4.79 Å². The molecule has 0 atom stereocenters. The van der Waals surface area contributed by atoms with E-state index in [9.17, 15) is 13.6 Å². The van der Waals surface area contributed by atoms with Crippen LogP contribution in [0.25, 0.3) is 0 Å². The summed E-state index contributed by atoms with van der Waals surface area (Å²) in [5.41, 5.74) is 0. The molecule has 0 N–H and O–H groups in total. The third-order valence-electron chi connectivity index (χ3n) is 1.58. The van der Waals surface area contributed by atoms with Crippen LogP contribution in [0.1, 0.15) is 6.42 Å². The highest BCUT2D eigenvalue weighted by Gasteiger charge is 2.37. The van der Waals surface area contributed by atoms with Crippen LogP contribution in [0.5, 0.6) is 0 Å². The standard InChI is InChI=1S/C6H9F2NO.ClH/c7-6(8)1-2-9(5-6)3-4-10;/h4H,1-3,5H2;1H. The molecule has 1 aliphatic rings. The van der Waals surface area contributed by atoms with Crippen LogP contribution >= 0.6 is 12.4 Å². The van der Waals surface area contributed by atoms with E-state index in [2.05, 4.69) is 0 Å². The Kier molecular flexibility index (Phi) is 3.89. The van der Waals surface area contributed by atoms with Gasteiger partial charge in [0.05, 0.1) is 13.1 Å². The highest BCUT2D eigenvalue weighted by atomic mass is 35.5. The number of halogens is 3. The van der Waals surface area contributed by atoms with Crippen LogP contribution < -0.4 is 0 Å². The van der Waals surface area contributed by atoms with Gasteiger partial charge in [0.15, 0.2) is 0 Å². The van der Waals surface area contributed by atoms with E-state index in [1.54, 1.807) is 0 Å². The molecule has 0 saturated carbocycles. The fourth-order valence-electron chi connectivity index (χ4n) is 1.07. The van der Waals surface area contributed by atoms with E-state index in [0.29, 0.717) is 12.8 Å². The van der Waals surface area contributed by atoms with Gasteiger partial charge in [0.25, 0.3) is 5.92 Å². The van der Waals surface area contributed by atoms with Crippen molar-refractivity contribution in [2.75, 3.05) is 19.6 Å². The highest BCUT2D eigenvalue weighted by molar-refractivity contribution is 5.85. The predicted octanol–water partition coefficient (Wildman–Crippen LogP) is 0.948. The molecule has 0 bridgehead atoms. The Morgan fingerprint density at radius 3 is 2.55 bits per heavy atom. The number of nitrogens with zero attached hydrogens (tertiary/aromatic N) is 1. The maximum Gasteiger partial charge on any atom is 0.261 e. The van der Waals surface area contributed by atoms with Crippen LogP contribution in [0, 0.1) is 0 Å². The summed E-state index contributed by atoms with van der Waals surface area (Å²) in [6, 6.07) is 0. The molecule has 1 fully saturated rings. The maximum absolute atomic E-state index is 12.4. The third kappa shape index (κ3) is 3.12. The van der Waals surface area contributed by atoms with Gasteiger partial charge in [-0.1, -0.05) is 0 Å². The second-order valence-corrected chi connectivity index (χ2v) is 2.51. The summed E-state index contributed by atoms with van der Waals surface area (Å²) in [7, 11) is 0. The van der Waals surface area contributed by atoms with Crippen molar-refractivity contribution in [3.05, 3.63) is 0 Å². The second-order valence-electron chi connectivity index (χ2n) is 2.51. The summed E-state index contributed by atoms with van der Waals surface area (Å²) in [4.78, 5) is 11.3. The zero-order chi connectivity index (χ0) is 7.61. The highest BCUT2D eigenvalue weighted by Crippen LogP contribution is 2.25. The lowest BCUT2D eigenvalue weighted by Gasteiger charge is -2.10. The second kappa shape index (κ2) is 3.97. The van der Waals surface area contributed by atoms with Crippen LogP contribution in [-0.4, -0.2) is 36.7 Å². The predicted molar refractivity (Wildman–Crippen MR) is 39.3 cm³/mol. The van der Waals surface area contributed by atoms with Crippen molar-refractivity contribution in [2.45, 2.75) is 12.3 Å². The summed E-state index contributed by atoms with van der Waals surface area (Å²) in [6.45, 7) is 0.215. The molecule has 0 aromatic heterocycles. The van der Waals surface area contributed by atoms with Gasteiger partial charge in [-0.2, -0.15) is 0 Å². The van der Waals surface area contributed by atoms with Crippen molar-refractivity contribution in [3.8, 4) is 0 Å². The van der Waals surface area contributed by atoms with Gasteiger partial charge >= 0.3 is 0 Å². The quantitative estimate of drug-likeness (QED) is 0.597. The Morgan fingerprint density at radius 1 is 1.55 bits per heavy atom. The minimum absolute atomic E-state index is 0. The van der Waals surface area contributed by atoms with E-state index in [1.165, 1.54) is 4.90 Å². The fraction of sp³-hybridized carbons (Fsp3) is 0.833. The normalized spacial score (nSPS) is 22.7. The first-order valence-electron chi connectivity index (χ1n) is 3.18. The van der Waals surface area contributed by atoms with E-state index in [4.69, 9.17) is 0 Å². The zero-order valence-electron chi connectivity index (χ0n) is 5.93. The largest absolute Gasteiger partial charge is 0.302 e. The summed E-state index contributed by atoms with van der Waals surface area (Å²) < 4.78 is 24.7. The first kappa shape index (κ1) is 10.8. The Bertz CT molecular complexity index is 143. The monoisotopic (exact) mass is 185 g/mol. The molecule has 0 aromatic rings. The third-order valence-corrected chi connectivity index (χ3v) is 1.58. The lowest BCUT2D eigenvalue weighted by molar-refractivity contribution is -0.108. The summed E-state index contributed by atoms with van der Waals surface area (Å²) in [5, 5.41) is 0. The van der Waals surface area contributed by atoms with E-state index in [-0.39, 0.29) is 31.9 Å². The van der Waals surface area contributed by atoms with Crippen LogP contribution in [0.2, 0.25) is 0 Å². The van der Waals surface area contributed by atoms with Gasteiger partial charge in [0, 0.05) is 13.0 Å². The molecular weight excluding hydrogens is 176 g/mol. The molecule has 11 heavy (non-hydrogen) atoms. The number of carbonyl (C=O) groups excluding carboxylic acids is 1. The molecule has 0 aromatic carbocycles. The fourth-order valence-corrected chi connectivity index (χ4v) is 1.07. The maximum atomic E-state index is 12.4. The Morgan fingerprint density at radius 2 is 2.18 bits per heavy atom. The molecule has 0 aliphatic carbocycles. The molecule has 0 unspecified atom stereocenters. The van der Waals surface area contributed by atoms with Gasteiger partial charge < -0.3 is 4.79 Å². The number of carbonyl (C=O) groups is 1. The number of rotatable bonds is 2. The minimum Gasteiger partial charge on any atom is -0.302 e. The van der Waals surface area contributed by atoms with E-state index < -0.39 is 5.92 Å². The molecule has 1 saturated heterocycles. The molecule has 1 rings (SSSR count). The number of likely N-dealkylation sites (tertiary alicyclic amines) is 1. The topological polar surface area (TPSA) is 20.3 Å². The van der Waals surface area contributed by atoms with Crippen molar-refractivity contribution in [2.24, 2.45) is 0 Å². The van der Waals surface area contributed by atoms with Crippen molar-refractivity contribution in [1.29, 1.82) is 0 Å². The molecular formula is C6H10ClF2NO. The molecule has 1 aliphatic heterocycles. The molecule has 66 valence electrons. The minimum atomic E-state index is -2.57. The SMILES string of the molecule is Cl.O=CCN1CCC(F)(F)C1. The van der Waals surface area contributed by atoms with E-state index in [0.717, 1.165) is 0 Å². The first-order valence-corrected chi connectivity index (χ1v) is 3.18. The van der Waals surface area contributed by atoms with Gasteiger partial charge in [-0.3, -0.25) is 4.90 Å². The molecule has 0 amide bonds. The molecule has 2 nitrogen and oxygen atoms in total. The van der Waals surface area contributed by atoms with Gasteiger partial charge in [-0.05, 0) is 0 Å². The molecule has 1 heterocycles. The molecule has 0 spiro atoms. The number of aldehydes is 1. The molecule has 5 heteroatoms. The van der Waals surface area contributed by atoms with E-state index in [1.807, 2.05) is 0 Å². The zero-order valence-corrected chi connectivity index (χ0v) is 6.74. The number of hydrogen-bond acceptors (Lipinski definition) is 2. The van der Waals surface area contributed by atoms with Crippen molar-refractivity contribution in [1.82, 2.24) is 4.90 Å². The van der Waals surface area contributed by atoms with Crippen molar-refractivity contribution >= 4 is 18.7 Å². The van der Waals surface area contributed by atoms with Crippen LogP contribution in [0.3, 0.4) is 0 Å². The van der Waals surface area contributed by atoms with Gasteiger partial charge in [-0.25, -0.2) is 8.78 Å². The Balaban J connectivity index is 0.000001000. The number of hydrogen-bond donors (Lipinski definition) is 0. The van der Waals surface area contributed by atoms with Crippen molar-refractivity contribution in [3.63, 3.8) is 0 Å². The summed E-state index contributed by atoms with van der Waals surface area (Å²) in [6.07, 6.45) is 0.544. The average molecular weight is 186 g/mol. The van der Waals surface area contributed by atoms with Crippen molar-refractivity contribution < 1.29 is 13.6 Å². The Hall–Kier alpha value is -0.220. The summed E-state index contributed by atoms with van der Waals surface area (Å²) in [5.74, 6) is -2.57. The van der Waals surface area contributed by atoms with E-state index >= 15 is 0 Å². The number of alkyl halides is 2. The lowest BCUT2D eigenvalue weighted by Crippen LogP contribution is -2.26. The van der Waals surface area contributed by atoms with Gasteiger partial charge in [0.2, 0.25) is 0 Å². The average Bonchev–Trinajstić information content (AvgIpc) is 2.12. The summed E-state index contributed by atoms with van der Waals surface area (Å²) >= 11 is 0. The van der Waals surface area contributed by atoms with Crippen LogP contribution in [0.4, 0.5) is 8.78 Å². The Labute approximate surface area is 70.0 Å². The van der Waals surface area contributed by atoms with Crippen LogP contribution in [0.15, 0.2) is 0 Å². The first-order chi connectivity index (χ1) is 4.64. The molecule has 0 radical (unpaired) electrons. The van der Waals surface area contributed by atoms with Gasteiger partial charge in [-0.15, -0.1) is 12.4 Å². The lowest BCUT2D eigenvalue weighted by atomic mass is 10.3. The smallest absolute Gasteiger partial charge is 0.261 e. The van der Waals surface area contributed by atoms with Gasteiger partial charge in [0.1, 0.15) is 6.29 Å².